The van der Waals surface area contributed by atoms with Gasteiger partial charge in [-0.1, -0.05) is 0 Å². The average Bonchev–Trinajstić information content (AvgIpc) is 2.16. The standard InChI is InChI=1S/C9H18N6.ClH/c1-13(2)7-10-8(14(3)4)12-9(11-7)15(5)6;/h1-6H3;1H. The molecule has 1 aromatic heterocycles. The van der Waals surface area contributed by atoms with Crippen LogP contribution in [-0.2, 0) is 0 Å². The maximum absolute atomic E-state index is 4.32. The quantitative estimate of drug-likeness (QED) is 0.774. The van der Waals surface area contributed by atoms with E-state index < -0.39 is 0 Å². The van der Waals surface area contributed by atoms with Crippen molar-refractivity contribution in [3.8, 4) is 0 Å². The second kappa shape index (κ2) is 5.69. The zero-order valence-electron chi connectivity index (χ0n) is 10.6. The summed E-state index contributed by atoms with van der Waals surface area (Å²) in [5.74, 6) is 1.99. The molecule has 0 saturated carbocycles. The summed E-state index contributed by atoms with van der Waals surface area (Å²) in [7, 11) is 11.5. The first kappa shape index (κ1) is 14.7. The lowest BCUT2D eigenvalue weighted by Crippen LogP contribution is -2.22. The molecule has 6 nitrogen and oxygen atoms in total. The smallest absolute Gasteiger partial charge is 0.231 e. The van der Waals surface area contributed by atoms with Crippen LogP contribution in [0, 0.1) is 0 Å². The molecule has 0 spiro atoms. The zero-order chi connectivity index (χ0) is 11.6. The third kappa shape index (κ3) is 3.37. The van der Waals surface area contributed by atoms with Crippen LogP contribution in [0.1, 0.15) is 0 Å². The molecule has 16 heavy (non-hydrogen) atoms. The third-order valence-electron chi connectivity index (χ3n) is 1.80. The van der Waals surface area contributed by atoms with E-state index >= 15 is 0 Å². The van der Waals surface area contributed by atoms with E-state index in [0.717, 1.165) is 0 Å². The Morgan fingerprint density at radius 3 is 0.875 bits per heavy atom. The molecule has 1 heterocycles. The van der Waals surface area contributed by atoms with Gasteiger partial charge in [0.05, 0.1) is 0 Å². The Balaban J connectivity index is 0.00000225. The Morgan fingerprint density at radius 2 is 0.750 bits per heavy atom. The Kier molecular flexibility index (Phi) is 5.23. The van der Waals surface area contributed by atoms with Crippen LogP contribution in [-0.4, -0.2) is 57.2 Å². The highest BCUT2D eigenvalue weighted by Gasteiger charge is 2.10. The van der Waals surface area contributed by atoms with Crippen LogP contribution in [0.5, 0.6) is 0 Å². The molecule has 0 saturated heterocycles. The molecular weight excluding hydrogens is 228 g/mol. The van der Waals surface area contributed by atoms with Crippen LogP contribution in [0.15, 0.2) is 0 Å². The molecule has 0 aromatic carbocycles. The average molecular weight is 247 g/mol. The number of hydrogen-bond acceptors (Lipinski definition) is 6. The van der Waals surface area contributed by atoms with Crippen molar-refractivity contribution < 1.29 is 0 Å². The van der Waals surface area contributed by atoms with Crippen LogP contribution in [0.25, 0.3) is 0 Å². The van der Waals surface area contributed by atoms with Gasteiger partial charge in [-0.2, -0.15) is 15.0 Å². The summed E-state index contributed by atoms with van der Waals surface area (Å²) >= 11 is 0. The van der Waals surface area contributed by atoms with Crippen LogP contribution < -0.4 is 14.7 Å². The summed E-state index contributed by atoms with van der Waals surface area (Å²) in [6, 6.07) is 0. The van der Waals surface area contributed by atoms with Gasteiger partial charge >= 0.3 is 0 Å². The Bertz CT molecular complexity index is 274. The fraction of sp³-hybridized carbons (Fsp3) is 0.667. The predicted molar refractivity (Wildman–Crippen MR) is 70.1 cm³/mol. The van der Waals surface area contributed by atoms with Gasteiger partial charge in [0.1, 0.15) is 0 Å². The maximum Gasteiger partial charge on any atom is 0.231 e. The number of anilines is 3. The Hall–Kier alpha value is -1.30. The number of rotatable bonds is 3. The van der Waals surface area contributed by atoms with Gasteiger partial charge < -0.3 is 14.7 Å². The maximum atomic E-state index is 4.32. The lowest BCUT2D eigenvalue weighted by atomic mass is 10.7. The Morgan fingerprint density at radius 1 is 0.562 bits per heavy atom. The first-order chi connectivity index (χ1) is 6.91. The molecule has 0 N–H and O–H groups in total. The number of hydrogen-bond donors (Lipinski definition) is 0. The molecule has 0 bridgehead atoms. The first-order valence-corrected chi connectivity index (χ1v) is 4.70. The van der Waals surface area contributed by atoms with E-state index in [4.69, 9.17) is 0 Å². The minimum Gasteiger partial charge on any atom is -0.347 e. The van der Waals surface area contributed by atoms with Gasteiger partial charge in [-0.15, -0.1) is 12.4 Å². The minimum atomic E-state index is 0. The van der Waals surface area contributed by atoms with E-state index in [1.165, 1.54) is 0 Å². The molecule has 0 amide bonds. The van der Waals surface area contributed by atoms with Crippen molar-refractivity contribution in [3.63, 3.8) is 0 Å². The molecule has 92 valence electrons. The van der Waals surface area contributed by atoms with Gasteiger partial charge in [-0.3, -0.25) is 0 Å². The van der Waals surface area contributed by atoms with Gasteiger partial charge in [0, 0.05) is 42.3 Å². The molecule has 0 radical (unpaired) electrons. The van der Waals surface area contributed by atoms with E-state index in [9.17, 15) is 0 Å². The van der Waals surface area contributed by atoms with E-state index in [1.54, 1.807) is 0 Å². The SMILES string of the molecule is CN(C)c1nc(N(C)C)nc(N(C)C)n1.Cl. The normalized spacial score (nSPS) is 9.38. The van der Waals surface area contributed by atoms with Crippen molar-refractivity contribution in [1.82, 2.24) is 15.0 Å². The van der Waals surface area contributed by atoms with Crippen molar-refractivity contribution >= 4 is 30.3 Å². The fourth-order valence-electron chi connectivity index (χ4n) is 0.943. The van der Waals surface area contributed by atoms with Crippen molar-refractivity contribution in [2.45, 2.75) is 0 Å². The lowest BCUT2D eigenvalue weighted by Gasteiger charge is -2.18. The highest BCUT2D eigenvalue weighted by Crippen LogP contribution is 2.14. The largest absolute Gasteiger partial charge is 0.347 e. The van der Waals surface area contributed by atoms with Gasteiger partial charge in [0.2, 0.25) is 17.8 Å². The molecular formula is C9H19ClN6. The fourth-order valence-corrected chi connectivity index (χ4v) is 0.943. The van der Waals surface area contributed by atoms with Gasteiger partial charge in [0.25, 0.3) is 0 Å². The summed E-state index contributed by atoms with van der Waals surface area (Å²) in [5, 5.41) is 0. The van der Waals surface area contributed by atoms with Gasteiger partial charge in [-0.05, 0) is 0 Å². The minimum absolute atomic E-state index is 0. The first-order valence-electron chi connectivity index (χ1n) is 4.70. The van der Waals surface area contributed by atoms with Crippen LogP contribution in [0.3, 0.4) is 0 Å². The molecule has 0 aliphatic heterocycles. The summed E-state index contributed by atoms with van der Waals surface area (Å²) in [6.07, 6.45) is 0. The summed E-state index contributed by atoms with van der Waals surface area (Å²) in [5.41, 5.74) is 0. The highest BCUT2D eigenvalue weighted by atomic mass is 35.5. The zero-order valence-corrected chi connectivity index (χ0v) is 11.4. The van der Waals surface area contributed by atoms with E-state index in [0.29, 0.717) is 17.8 Å². The van der Waals surface area contributed by atoms with Crippen molar-refractivity contribution in [1.29, 1.82) is 0 Å². The van der Waals surface area contributed by atoms with E-state index in [1.807, 2.05) is 57.0 Å². The molecule has 0 aliphatic rings. The molecule has 1 aromatic rings. The highest BCUT2D eigenvalue weighted by molar-refractivity contribution is 5.85. The van der Waals surface area contributed by atoms with Crippen molar-refractivity contribution in [3.05, 3.63) is 0 Å². The second-order valence-corrected chi connectivity index (χ2v) is 3.92. The second-order valence-electron chi connectivity index (χ2n) is 3.92. The Labute approximate surface area is 103 Å². The van der Waals surface area contributed by atoms with E-state index in [2.05, 4.69) is 15.0 Å². The number of halogens is 1. The molecule has 0 unspecified atom stereocenters. The third-order valence-corrected chi connectivity index (χ3v) is 1.80. The van der Waals surface area contributed by atoms with Crippen molar-refractivity contribution in [2.75, 3.05) is 57.0 Å². The molecule has 7 heteroatoms. The summed E-state index contributed by atoms with van der Waals surface area (Å²) < 4.78 is 0. The van der Waals surface area contributed by atoms with Gasteiger partial charge in [0.15, 0.2) is 0 Å². The van der Waals surface area contributed by atoms with Crippen LogP contribution in [0.2, 0.25) is 0 Å². The molecule has 1 rings (SSSR count). The number of aromatic nitrogens is 3. The van der Waals surface area contributed by atoms with Crippen LogP contribution in [0.4, 0.5) is 17.8 Å². The molecule has 0 aliphatic carbocycles. The van der Waals surface area contributed by atoms with Gasteiger partial charge in [-0.25, -0.2) is 0 Å². The summed E-state index contributed by atoms with van der Waals surface area (Å²) in [4.78, 5) is 18.5. The summed E-state index contributed by atoms with van der Waals surface area (Å²) in [6.45, 7) is 0. The van der Waals surface area contributed by atoms with Crippen LogP contribution >= 0.6 is 12.4 Å². The molecule has 0 fully saturated rings. The predicted octanol–water partition coefficient (Wildman–Crippen LogP) is 0.491. The number of nitrogens with zero attached hydrogens (tertiary/aromatic N) is 6. The lowest BCUT2D eigenvalue weighted by molar-refractivity contribution is 0.886. The van der Waals surface area contributed by atoms with Crippen molar-refractivity contribution in [2.24, 2.45) is 0 Å². The topological polar surface area (TPSA) is 48.4 Å². The van der Waals surface area contributed by atoms with E-state index in [-0.39, 0.29) is 12.4 Å². The monoisotopic (exact) mass is 246 g/mol. The molecule has 0 atom stereocenters.